The first-order valence-electron chi connectivity index (χ1n) is 13.6. The van der Waals surface area contributed by atoms with Crippen LogP contribution in [0.1, 0.15) is 123 Å². The number of esters is 1. The molecule has 4 unspecified atom stereocenters. The fourth-order valence-electron chi connectivity index (χ4n) is 5.79. The molecule has 1 aromatic rings. The summed E-state index contributed by atoms with van der Waals surface area (Å²) in [5, 5.41) is 0. The van der Waals surface area contributed by atoms with E-state index in [0.717, 1.165) is 41.7 Å². The van der Waals surface area contributed by atoms with Crippen molar-refractivity contribution < 1.29 is 14.3 Å². The monoisotopic (exact) mass is 472 g/mol. The van der Waals surface area contributed by atoms with E-state index in [1.807, 2.05) is 6.92 Å². The van der Waals surface area contributed by atoms with Crippen LogP contribution in [-0.2, 0) is 11.2 Å². The summed E-state index contributed by atoms with van der Waals surface area (Å²) in [7, 11) is 0. The van der Waals surface area contributed by atoms with E-state index in [4.69, 9.17) is 9.47 Å². The van der Waals surface area contributed by atoms with Gasteiger partial charge in [0.15, 0.2) is 0 Å². The van der Waals surface area contributed by atoms with Crippen LogP contribution >= 0.6 is 0 Å². The molecule has 0 aromatic heterocycles. The van der Waals surface area contributed by atoms with Crippen LogP contribution in [-0.4, -0.2) is 11.6 Å². The zero-order chi connectivity index (χ0) is 26.1. The molecule has 0 aliphatic carbocycles. The molecule has 4 atom stereocenters. The Labute approximate surface area is 210 Å². The predicted octanol–water partition coefficient (Wildman–Crippen LogP) is 8.92. The normalized spacial score (nSPS) is 21.8. The molecular formula is C31H52O3. The second-order valence-corrected chi connectivity index (χ2v) is 12.6. The molecule has 0 N–H and O–H groups in total. The van der Waals surface area contributed by atoms with Crippen LogP contribution in [0.15, 0.2) is 0 Å². The molecule has 0 bridgehead atoms. The quantitative estimate of drug-likeness (QED) is 0.252. The van der Waals surface area contributed by atoms with Crippen molar-refractivity contribution in [2.24, 2.45) is 22.7 Å². The maximum Gasteiger partial charge on any atom is 0.308 e. The van der Waals surface area contributed by atoms with Crippen molar-refractivity contribution in [1.82, 2.24) is 0 Å². The van der Waals surface area contributed by atoms with Crippen LogP contribution in [0.25, 0.3) is 0 Å². The van der Waals surface area contributed by atoms with Gasteiger partial charge in [0, 0.05) is 12.5 Å². The number of carbonyl (C=O) groups excluding carboxylic acids is 1. The highest BCUT2D eigenvalue weighted by Gasteiger charge is 2.38. The van der Waals surface area contributed by atoms with E-state index < -0.39 is 0 Å². The maximum absolute atomic E-state index is 11.6. The van der Waals surface area contributed by atoms with Gasteiger partial charge in [0.05, 0.1) is 0 Å². The maximum atomic E-state index is 11.6. The van der Waals surface area contributed by atoms with Gasteiger partial charge in [0.25, 0.3) is 0 Å². The van der Waals surface area contributed by atoms with Crippen molar-refractivity contribution in [3.63, 3.8) is 0 Å². The molecule has 1 aliphatic heterocycles. The molecule has 0 radical (unpaired) electrons. The van der Waals surface area contributed by atoms with Gasteiger partial charge in [0.2, 0.25) is 0 Å². The molecule has 1 aliphatic rings. The third-order valence-corrected chi connectivity index (χ3v) is 9.73. The van der Waals surface area contributed by atoms with Crippen LogP contribution in [0.5, 0.6) is 11.5 Å². The summed E-state index contributed by atoms with van der Waals surface area (Å²) in [6.07, 6.45) is 7.91. The lowest BCUT2D eigenvalue weighted by molar-refractivity contribution is -0.132. The van der Waals surface area contributed by atoms with Gasteiger partial charge < -0.3 is 9.47 Å². The second-order valence-electron chi connectivity index (χ2n) is 12.6. The lowest BCUT2D eigenvalue weighted by atomic mass is 9.65. The van der Waals surface area contributed by atoms with Crippen LogP contribution in [0.4, 0.5) is 0 Å². The van der Waals surface area contributed by atoms with Gasteiger partial charge in [-0.2, -0.15) is 0 Å². The molecule has 1 heterocycles. The summed E-state index contributed by atoms with van der Waals surface area (Å²) in [4.78, 5) is 11.6. The average molecular weight is 473 g/mol. The summed E-state index contributed by atoms with van der Waals surface area (Å²) in [5.74, 6) is 2.87. The fraction of sp³-hybridized carbons (Fsp3) is 0.774. The van der Waals surface area contributed by atoms with Crippen molar-refractivity contribution in [1.29, 1.82) is 0 Å². The molecular weight excluding hydrogens is 420 g/mol. The van der Waals surface area contributed by atoms with E-state index in [0.29, 0.717) is 28.4 Å². The molecule has 194 valence electrons. The van der Waals surface area contributed by atoms with E-state index in [-0.39, 0.29) is 11.6 Å². The Bertz CT molecular complexity index is 883. The van der Waals surface area contributed by atoms with Gasteiger partial charge in [-0.05, 0) is 99.2 Å². The minimum absolute atomic E-state index is 0.159. The molecule has 0 saturated heterocycles. The number of rotatable bonds is 10. The predicted molar refractivity (Wildman–Crippen MR) is 144 cm³/mol. The van der Waals surface area contributed by atoms with Gasteiger partial charge in [-0.1, -0.05) is 61.3 Å². The largest absolute Gasteiger partial charge is 0.487 e. The Morgan fingerprint density at radius 3 is 2.21 bits per heavy atom. The molecule has 0 amide bonds. The van der Waals surface area contributed by atoms with E-state index in [1.165, 1.54) is 38.2 Å². The summed E-state index contributed by atoms with van der Waals surface area (Å²) in [6, 6.07) is 0. The van der Waals surface area contributed by atoms with E-state index in [2.05, 4.69) is 69.2 Å². The summed E-state index contributed by atoms with van der Waals surface area (Å²) in [6.45, 7) is 26.9. The number of ether oxygens (including phenoxy) is 2. The van der Waals surface area contributed by atoms with Crippen LogP contribution in [0.2, 0.25) is 0 Å². The van der Waals surface area contributed by atoms with E-state index >= 15 is 0 Å². The highest BCUT2D eigenvalue weighted by Crippen LogP contribution is 2.47. The number of benzene rings is 1. The smallest absolute Gasteiger partial charge is 0.308 e. The topological polar surface area (TPSA) is 35.5 Å². The zero-order valence-corrected chi connectivity index (χ0v) is 24.3. The van der Waals surface area contributed by atoms with Gasteiger partial charge in [-0.15, -0.1) is 0 Å². The van der Waals surface area contributed by atoms with Crippen molar-refractivity contribution in [3.8, 4) is 11.5 Å². The minimum Gasteiger partial charge on any atom is -0.487 e. The Balaban J connectivity index is 2.19. The van der Waals surface area contributed by atoms with E-state index in [1.54, 1.807) is 0 Å². The minimum atomic E-state index is -0.267. The Morgan fingerprint density at radius 1 is 1.06 bits per heavy atom. The Hall–Kier alpha value is -1.51. The molecule has 0 spiro atoms. The lowest BCUT2D eigenvalue weighted by Gasteiger charge is -2.43. The molecule has 3 heteroatoms. The first-order chi connectivity index (χ1) is 15.6. The van der Waals surface area contributed by atoms with Gasteiger partial charge in [-0.3, -0.25) is 4.79 Å². The van der Waals surface area contributed by atoms with Crippen LogP contribution in [0, 0.1) is 43.4 Å². The summed E-state index contributed by atoms with van der Waals surface area (Å²) >= 11 is 0. The Morgan fingerprint density at radius 2 is 1.68 bits per heavy atom. The van der Waals surface area contributed by atoms with E-state index in [9.17, 15) is 4.79 Å². The van der Waals surface area contributed by atoms with Crippen molar-refractivity contribution >= 4 is 5.97 Å². The van der Waals surface area contributed by atoms with Crippen LogP contribution in [0.3, 0.4) is 0 Å². The van der Waals surface area contributed by atoms with Crippen LogP contribution < -0.4 is 9.47 Å². The highest BCUT2D eigenvalue weighted by atomic mass is 16.5. The summed E-state index contributed by atoms with van der Waals surface area (Å²) in [5.41, 5.74) is 4.92. The molecule has 3 nitrogen and oxygen atoms in total. The highest BCUT2D eigenvalue weighted by molar-refractivity contribution is 5.72. The lowest BCUT2D eigenvalue weighted by Crippen LogP contribution is -2.39. The molecule has 2 rings (SSSR count). The summed E-state index contributed by atoms with van der Waals surface area (Å²) < 4.78 is 12.4. The number of hydrogen-bond acceptors (Lipinski definition) is 3. The van der Waals surface area contributed by atoms with Gasteiger partial charge in [0.1, 0.15) is 17.1 Å². The van der Waals surface area contributed by atoms with Crippen molar-refractivity contribution in [2.75, 3.05) is 0 Å². The number of fused-ring (bicyclic) bond motifs is 1. The second kappa shape index (κ2) is 10.6. The van der Waals surface area contributed by atoms with Gasteiger partial charge >= 0.3 is 5.97 Å². The van der Waals surface area contributed by atoms with Crippen molar-refractivity contribution in [3.05, 3.63) is 22.3 Å². The molecule has 34 heavy (non-hydrogen) atoms. The SMILES string of the molecule is CCC(C)(CCC1(C)CCc2c(C)c(OC(C)=O)c(C)c(C)c2O1)CC(C)C(C)C(C)(C)CC. The average Bonchev–Trinajstić information content (AvgIpc) is 2.78. The molecule has 0 saturated carbocycles. The van der Waals surface area contributed by atoms with Crippen molar-refractivity contribution in [2.45, 2.75) is 134 Å². The standard InChI is InChI=1S/C31H52O3/c1-13-29(9,10)24(7)20(3)19-30(11,14-2)17-18-31(12)16-15-26-23(6)27(33-25(8)32)21(4)22(5)28(26)34-31/h20,24H,13-19H2,1-12H3. The third-order valence-electron chi connectivity index (χ3n) is 9.73. The molecule has 1 aromatic carbocycles. The molecule has 0 fully saturated rings. The Kier molecular flexibility index (Phi) is 8.98. The number of hydrogen-bond donors (Lipinski definition) is 0. The third kappa shape index (κ3) is 6.18. The van der Waals surface area contributed by atoms with Gasteiger partial charge in [-0.25, -0.2) is 0 Å². The zero-order valence-electron chi connectivity index (χ0n) is 24.3. The number of carbonyl (C=O) groups is 1. The first kappa shape index (κ1) is 28.7. The first-order valence-corrected chi connectivity index (χ1v) is 13.6. The fourth-order valence-corrected chi connectivity index (χ4v) is 5.79.